The average molecular weight is 376 g/mol. The summed E-state index contributed by atoms with van der Waals surface area (Å²) in [5.74, 6) is 0. The van der Waals surface area contributed by atoms with Gasteiger partial charge in [0.05, 0.1) is 12.1 Å². The van der Waals surface area contributed by atoms with Crippen molar-refractivity contribution in [3.8, 4) is 0 Å². The fourth-order valence-corrected chi connectivity index (χ4v) is 4.05. The molecule has 3 N–H and O–H groups in total. The number of likely N-dealkylation sites (tertiary alicyclic amines) is 1. The zero-order chi connectivity index (χ0) is 19.5. The molecule has 1 aliphatic rings. The molecule has 2 atom stereocenters. The summed E-state index contributed by atoms with van der Waals surface area (Å²) in [7, 11) is 2.08. The molecule has 1 fully saturated rings. The highest BCUT2D eigenvalue weighted by Gasteiger charge is 2.33. The van der Waals surface area contributed by atoms with Gasteiger partial charge in [0.1, 0.15) is 0 Å². The number of H-pyrrole nitrogens is 1. The van der Waals surface area contributed by atoms with E-state index in [0.29, 0.717) is 6.54 Å². The molecule has 1 aliphatic heterocycles. The fraction of sp³-hybridized carbons (Fsp3) is 0.273. The Kier molecular flexibility index (Phi) is 5.12. The summed E-state index contributed by atoms with van der Waals surface area (Å²) in [5.41, 5.74) is 2.61. The van der Waals surface area contributed by atoms with Crippen molar-refractivity contribution >= 4 is 16.9 Å². The maximum atomic E-state index is 12.6. The number of hydrogen-bond acceptors (Lipinski definition) is 3. The standard InChI is InChI=1S/C22H24N4O2/c1-26-12-11-19(21(26)15-7-3-2-4-8-15)25-22(28)23-14-16-13-20(27)24-18-10-6-5-9-17(16)18/h2-10,13,19,21H,11-12,14H2,1H3,(H,24,27)(H2,23,25,28)/t19-,21+/m1/s1. The van der Waals surface area contributed by atoms with Gasteiger partial charge in [-0.15, -0.1) is 0 Å². The van der Waals surface area contributed by atoms with Gasteiger partial charge >= 0.3 is 6.03 Å². The molecule has 0 bridgehead atoms. The third-order valence-electron chi connectivity index (χ3n) is 5.38. The van der Waals surface area contributed by atoms with Gasteiger partial charge in [-0.2, -0.15) is 0 Å². The quantitative estimate of drug-likeness (QED) is 0.655. The van der Waals surface area contributed by atoms with E-state index in [2.05, 4.69) is 39.7 Å². The molecule has 1 aromatic heterocycles. The third-order valence-corrected chi connectivity index (χ3v) is 5.38. The Balaban J connectivity index is 1.44. The molecule has 2 heterocycles. The first kappa shape index (κ1) is 18.3. The number of carbonyl (C=O) groups is 1. The number of para-hydroxylation sites is 1. The number of hydrogen-bond donors (Lipinski definition) is 3. The molecule has 0 unspecified atom stereocenters. The Hall–Kier alpha value is -3.12. The lowest BCUT2D eigenvalue weighted by molar-refractivity contribution is 0.229. The first-order chi connectivity index (χ1) is 13.6. The predicted octanol–water partition coefficient (Wildman–Crippen LogP) is 2.77. The highest BCUT2D eigenvalue weighted by Crippen LogP contribution is 2.30. The van der Waals surface area contributed by atoms with E-state index < -0.39 is 0 Å². The molecule has 4 rings (SSSR count). The molecule has 6 nitrogen and oxygen atoms in total. The van der Waals surface area contributed by atoms with E-state index in [1.54, 1.807) is 6.07 Å². The van der Waals surface area contributed by atoms with Gasteiger partial charge in [-0.25, -0.2) is 4.79 Å². The van der Waals surface area contributed by atoms with Crippen molar-refractivity contribution in [2.24, 2.45) is 0 Å². The largest absolute Gasteiger partial charge is 0.334 e. The number of benzene rings is 2. The summed E-state index contributed by atoms with van der Waals surface area (Å²) in [5, 5.41) is 6.96. The minimum absolute atomic E-state index is 0.0447. The van der Waals surface area contributed by atoms with Gasteiger partial charge in [-0.05, 0) is 30.7 Å². The molecule has 2 amide bonds. The maximum Gasteiger partial charge on any atom is 0.315 e. The Morgan fingerprint density at radius 1 is 1.14 bits per heavy atom. The van der Waals surface area contributed by atoms with Gasteiger partial charge in [0.2, 0.25) is 5.56 Å². The van der Waals surface area contributed by atoms with Crippen LogP contribution in [0.5, 0.6) is 0 Å². The van der Waals surface area contributed by atoms with Crippen LogP contribution in [-0.2, 0) is 6.54 Å². The monoisotopic (exact) mass is 376 g/mol. The van der Waals surface area contributed by atoms with Crippen LogP contribution in [0.4, 0.5) is 4.79 Å². The number of nitrogens with one attached hydrogen (secondary N) is 3. The minimum Gasteiger partial charge on any atom is -0.334 e. The molecule has 2 aromatic carbocycles. The smallest absolute Gasteiger partial charge is 0.315 e. The SMILES string of the molecule is CN1CC[C@@H](NC(=O)NCc2cc(=O)[nH]c3ccccc23)[C@@H]1c1ccccc1. The lowest BCUT2D eigenvalue weighted by Crippen LogP contribution is -2.44. The van der Waals surface area contributed by atoms with Gasteiger partial charge in [0.15, 0.2) is 0 Å². The number of aromatic amines is 1. The van der Waals surface area contributed by atoms with Crippen LogP contribution in [0.25, 0.3) is 10.9 Å². The number of urea groups is 1. The Morgan fingerprint density at radius 2 is 1.89 bits per heavy atom. The zero-order valence-electron chi connectivity index (χ0n) is 15.8. The molecule has 28 heavy (non-hydrogen) atoms. The number of likely N-dealkylation sites (N-methyl/N-ethyl adjacent to an activating group) is 1. The molecule has 6 heteroatoms. The van der Waals surface area contributed by atoms with Gasteiger partial charge in [-0.1, -0.05) is 48.5 Å². The number of rotatable bonds is 4. The second-order valence-electron chi connectivity index (χ2n) is 7.26. The summed E-state index contributed by atoms with van der Waals surface area (Å²) < 4.78 is 0. The Bertz CT molecular complexity index is 1030. The number of fused-ring (bicyclic) bond motifs is 1. The van der Waals surface area contributed by atoms with Crippen molar-refractivity contribution in [3.63, 3.8) is 0 Å². The maximum absolute atomic E-state index is 12.6. The van der Waals surface area contributed by atoms with Gasteiger partial charge in [0.25, 0.3) is 0 Å². The van der Waals surface area contributed by atoms with Crippen molar-refractivity contribution in [2.75, 3.05) is 13.6 Å². The van der Waals surface area contributed by atoms with Crippen molar-refractivity contribution in [2.45, 2.75) is 25.0 Å². The molecule has 3 aromatic rings. The number of nitrogens with zero attached hydrogens (tertiary/aromatic N) is 1. The molecular formula is C22H24N4O2. The molecule has 0 radical (unpaired) electrons. The minimum atomic E-state index is -0.217. The summed E-state index contributed by atoms with van der Waals surface area (Å²) in [6.45, 7) is 1.23. The molecule has 144 valence electrons. The van der Waals surface area contributed by atoms with E-state index in [1.165, 1.54) is 5.56 Å². The van der Waals surface area contributed by atoms with E-state index in [4.69, 9.17) is 0 Å². The van der Waals surface area contributed by atoms with E-state index in [9.17, 15) is 9.59 Å². The van der Waals surface area contributed by atoms with Crippen LogP contribution in [0.1, 0.15) is 23.6 Å². The Morgan fingerprint density at radius 3 is 2.71 bits per heavy atom. The molecular weight excluding hydrogens is 352 g/mol. The van der Waals surface area contributed by atoms with Crippen LogP contribution in [0.2, 0.25) is 0 Å². The number of aromatic nitrogens is 1. The summed E-state index contributed by atoms with van der Waals surface area (Å²) in [6.07, 6.45) is 0.900. The normalized spacial score (nSPS) is 19.6. The Labute approximate surface area is 163 Å². The van der Waals surface area contributed by atoms with E-state index in [1.807, 2.05) is 42.5 Å². The van der Waals surface area contributed by atoms with Crippen LogP contribution >= 0.6 is 0 Å². The number of amides is 2. The first-order valence-electron chi connectivity index (χ1n) is 9.52. The van der Waals surface area contributed by atoms with E-state index in [-0.39, 0.29) is 23.7 Å². The number of carbonyl (C=O) groups excluding carboxylic acids is 1. The highest BCUT2D eigenvalue weighted by molar-refractivity contribution is 5.82. The zero-order valence-corrected chi connectivity index (χ0v) is 15.8. The molecule has 0 saturated carbocycles. The van der Waals surface area contributed by atoms with Crippen LogP contribution in [0.15, 0.2) is 65.5 Å². The predicted molar refractivity (Wildman–Crippen MR) is 110 cm³/mol. The second kappa shape index (κ2) is 7.86. The summed E-state index contributed by atoms with van der Waals surface area (Å²) in [6, 6.07) is 19.4. The van der Waals surface area contributed by atoms with Gasteiger partial charge in [-0.3, -0.25) is 9.69 Å². The molecule has 1 saturated heterocycles. The van der Waals surface area contributed by atoms with Crippen LogP contribution < -0.4 is 16.2 Å². The summed E-state index contributed by atoms with van der Waals surface area (Å²) >= 11 is 0. The average Bonchev–Trinajstić information content (AvgIpc) is 3.06. The van der Waals surface area contributed by atoms with Crippen LogP contribution in [-0.4, -0.2) is 35.5 Å². The third kappa shape index (κ3) is 3.77. The lowest BCUT2D eigenvalue weighted by atomic mass is 10.0. The topological polar surface area (TPSA) is 77.2 Å². The van der Waals surface area contributed by atoms with Gasteiger partial charge in [0, 0.05) is 30.1 Å². The van der Waals surface area contributed by atoms with Crippen molar-refractivity contribution in [3.05, 3.63) is 82.1 Å². The first-order valence-corrected chi connectivity index (χ1v) is 9.52. The van der Waals surface area contributed by atoms with E-state index in [0.717, 1.165) is 29.4 Å². The van der Waals surface area contributed by atoms with Crippen molar-refractivity contribution in [1.82, 2.24) is 20.5 Å². The van der Waals surface area contributed by atoms with Crippen molar-refractivity contribution in [1.29, 1.82) is 0 Å². The second-order valence-corrected chi connectivity index (χ2v) is 7.26. The molecule has 0 spiro atoms. The van der Waals surface area contributed by atoms with Gasteiger partial charge < -0.3 is 15.6 Å². The van der Waals surface area contributed by atoms with Crippen LogP contribution in [0, 0.1) is 0 Å². The van der Waals surface area contributed by atoms with E-state index >= 15 is 0 Å². The van der Waals surface area contributed by atoms with Crippen LogP contribution in [0.3, 0.4) is 0 Å². The number of pyridine rings is 1. The molecule has 0 aliphatic carbocycles. The lowest BCUT2D eigenvalue weighted by Gasteiger charge is -2.26. The highest BCUT2D eigenvalue weighted by atomic mass is 16.2. The fourth-order valence-electron chi connectivity index (χ4n) is 4.05. The van der Waals surface area contributed by atoms with Crippen molar-refractivity contribution < 1.29 is 4.79 Å². The summed E-state index contributed by atoms with van der Waals surface area (Å²) in [4.78, 5) is 29.5.